The number of aryl methyl sites for hydroxylation is 1. The van der Waals surface area contributed by atoms with Crippen LogP contribution in [0.3, 0.4) is 0 Å². The molecule has 1 aliphatic rings. The van der Waals surface area contributed by atoms with Gasteiger partial charge in [0, 0.05) is 5.02 Å². The lowest BCUT2D eigenvalue weighted by Crippen LogP contribution is -2.49. The van der Waals surface area contributed by atoms with Gasteiger partial charge in [-0.25, -0.2) is 8.42 Å². The average Bonchev–Trinajstić information content (AvgIpc) is 2.62. The van der Waals surface area contributed by atoms with Crippen molar-refractivity contribution in [1.82, 2.24) is 5.32 Å². The summed E-state index contributed by atoms with van der Waals surface area (Å²) >= 11 is 5.90. The smallest absolute Gasteiger partial charge is 0.244 e. The maximum atomic E-state index is 12.9. The van der Waals surface area contributed by atoms with Crippen molar-refractivity contribution in [3.8, 4) is 0 Å². The second-order valence-corrected chi connectivity index (χ2v) is 9.16. The Morgan fingerprint density at radius 1 is 1.19 bits per heavy atom. The monoisotopic (exact) mass is 406 g/mol. The molecule has 0 saturated carbocycles. The number of fused-ring (bicyclic) bond motifs is 1. The van der Waals surface area contributed by atoms with E-state index in [0.717, 1.165) is 35.4 Å². The fraction of sp³-hybridized carbons (Fsp3) is 0.350. The molecule has 0 spiro atoms. The predicted molar refractivity (Wildman–Crippen MR) is 109 cm³/mol. The zero-order valence-corrected chi connectivity index (χ0v) is 16.9. The molecule has 2 atom stereocenters. The van der Waals surface area contributed by atoms with Crippen molar-refractivity contribution in [2.45, 2.75) is 38.3 Å². The van der Waals surface area contributed by atoms with Gasteiger partial charge < -0.3 is 5.32 Å². The number of anilines is 1. The molecule has 0 unspecified atom stereocenters. The minimum Gasteiger partial charge on any atom is -0.347 e. The first-order valence-electron chi connectivity index (χ1n) is 8.90. The van der Waals surface area contributed by atoms with E-state index in [9.17, 15) is 13.2 Å². The summed E-state index contributed by atoms with van der Waals surface area (Å²) in [6, 6.07) is 13.5. The number of hydrogen-bond donors (Lipinski definition) is 1. The van der Waals surface area contributed by atoms with Crippen molar-refractivity contribution in [2.24, 2.45) is 0 Å². The number of benzene rings is 2. The third-order valence-corrected chi connectivity index (χ3v) is 6.35. The number of halogens is 1. The number of sulfonamides is 1. The van der Waals surface area contributed by atoms with Gasteiger partial charge in [0.25, 0.3) is 0 Å². The number of rotatable bonds is 5. The molecule has 0 saturated heterocycles. The highest BCUT2D eigenvalue weighted by atomic mass is 35.5. The summed E-state index contributed by atoms with van der Waals surface area (Å²) in [4.78, 5) is 12.9. The minimum atomic E-state index is -3.65. The Balaban J connectivity index is 1.84. The van der Waals surface area contributed by atoms with Crippen LogP contribution in [-0.2, 0) is 21.2 Å². The molecule has 27 heavy (non-hydrogen) atoms. The second kappa shape index (κ2) is 7.90. The van der Waals surface area contributed by atoms with Crippen LogP contribution in [0.4, 0.5) is 5.69 Å². The zero-order chi connectivity index (χ0) is 19.6. The Kier molecular flexibility index (Phi) is 5.77. The lowest BCUT2D eigenvalue weighted by Gasteiger charge is -2.31. The van der Waals surface area contributed by atoms with Crippen molar-refractivity contribution < 1.29 is 13.2 Å². The molecule has 0 radical (unpaired) electrons. The van der Waals surface area contributed by atoms with E-state index in [-0.39, 0.29) is 11.9 Å². The fourth-order valence-corrected chi connectivity index (χ4v) is 4.89. The van der Waals surface area contributed by atoms with E-state index in [1.165, 1.54) is 5.56 Å². The van der Waals surface area contributed by atoms with E-state index < -0.39 is 16.1 Å². The molecular formula is C20H23ClN2O3S. The van der Waals surface area contributed by atoms with Crippen LogP contribution in [0.15, 0.2) is 48.5 Å². The molecule has 1 N–H and O–H groups in total. The van der Waals surface area contributed by atoms with Crippen LogP contribution in [-0.4, -0.2) is 26.6 Å². The molecule has 7 heteroatoms. The highest BCUT2D eigenvalue weighted by Crippen LogP contribution is 2.30. The summed E-state index contributed by atoms with van der Waals surface area (Å²) in [6.45, 7) is 1.60. The number of carbonyl (C=O) groups is 1. The highest BCUT2D eigenvalue weighted by Gasteiger charge is 2.31. The van der Waals surface area contributed by atoms with Crippen molar-refractivity contribution >= 4 is 33.2 Å². The van der Waals surface area contributed by atoms with Crippen LogP contribution in [0.5, 0.6) is 0 Å². The van der Waals surface area contributed by atoms with Gasteiger partial charge in [-0.2, -0.15) is 0 Å². The van der Waals surface area contributed by atoms with Gasteiger partial charge in [-0.05, 0) is 61.6 Å². The van der Waals surface area contributed by atoms with Gasteiger partial charge in [-0.1, -0.05) is 35.9 Å². The molecule has 1 aliphatic carbocycles. The summed E-state index contributed by atoms with van der Waals surface area (Å²) in [5.74, 6) is -0.322. The van der Waals surface area contributed by atoms with Crippen LogP contribution < -0.4 is 9.62 Å². The first-order chi connectivity index (χ1) is 12.8. The van der Waals surface area contributed by atoms with Crippen molar-refractivity contribution in [2.75, 3.05) is 10.6 Å². The van der Waals surface area contributed by atoms with Gasteiger partial charge in [0.2, 0.25) is 15.9 Å². The summed E-state index contributed by atoms with van der Waals surface area (Å²) in [7, 11) is -3.65. The molecule has 0 bridgehead atoms. The van der Waals surface area contributed by atoms with E-state index in [0.29, 0.717) is 10.7 Å². The van der Waals surface area contributed by atoms with Gasteiger partial charge in [0.15, 0.2) is 0 Å². The first-order valence-corrected chi connectivity index (χ1v) is 11.1. The molecule has 2 aromatic carbocycles. The number of carbonyl (C=O) groups excluding carboxylic acids is 1. The molecule has 5 nitrogen and oxygen atoms in total. The van der Waals surface area contributed by atoms with Gasteiger partial charge in [0.1, 0.15) is 6.04 Å². The standard InChI is InChI=1S/C20H23ClN2O3S/c1-14(23(27(2,25)26)17-12-10-16(21)11-13-17)20(24)22-19-9-5-7-15-6-3-4-8-18(15)19/h3-4,6,8,10-14,19H,5,7,9H2,1-2H3,(H,22,24)/t14-,19+/m0/s1. The van der Waals surface area contributed by atoms with Crippen LogP contribution in [0.1, 0.15) is 36.9 Å². The SMILES string of the molecule is C[C@@H](C(=O)N[C@@H]1CCCc2ccccc21)N(c1ccc(Cl)cc1)S(C)(=O)=O. The van der Waals surface area contributed by atoms with E-state index in [2.05, 4.69) is 11.4 Å². The van der Waals surface area contributed by atoms with Crippen molar-refractivity contribution in [3.05, 3.63) is 64.7 Å². The predicted octanol–water partition coefficient (Wildman–Crippen LogP) is 3.69. The Morgan fingerprint density at radius 3 is 2.52 bits per heavy atom. The van der Waals surface area contributed by atoms with Crippen LogP contribution in [0, 0.1) is 0 Å². The van der Waals surface area contributed by atoms with E-state index in [4.69, 9.17) is 11.6 Å². The summed E-state index contributed by atoms with van der Waals surface area (Å²) in [6.07, 6.45) is 3.93. The summed E-state index contributed by atoms with van der Waals surface area (Å²) < 4.78 is 25.9. The largest absolute Gasteiger partial charge is 0.347 e. The lowest BCUT2D eigenvalue weighted by atomic mass is 9.87. The Hall–Kier alpha value is -2.05. The maximum Gasteiger partial charge on any atom is 0.244 e. The Morgan fingerprint density at radius 2 is 1.85 bits per heavy atom. The van der Waals surface area contributed by atoms with Gasteiger partial charge in [-0.15, -0.1) is 0 Å². The topological polar surface area (TPSA) is 66.5 Å². The maximum absolute atomic E-state index is 12.9. The summed E-state index contributed by atoms with van der Waals surface area (Å²) in [5, 5.41) is 3.54. The highest BCUT2D eigenvalue weighted by molar-refractivity contribution is 7.92. The van der Waals surface area contributed by atoms with Crippen LogP contribution in [0.2, 0.25) is 5.02 Å². The molecular weight excluding hydrogens is 384 g/mol. The Bertz CT molecular complexity index is 928. The summed E-state index contributed by atoms with van der Waals surface area (Å²) in [5.41, 5.74) is 2.76. The Labute approximate surface area is 165 Å². The number of nitrogens with zero attached hydrogens (tertiary/aromatic N) is 1. The number of hydrogen-bond acceptors (Lipinski definition) is 3. The molecule has 1 amide bonds. The fourth-order valence-electron chi connectivity index (χ4n) is 3.59. The molecule has 3 rings (SSSR count). The zero-order valence-electron chi connectivity index (χ0n) is 15.4. The molecule has 2 aromatic rings. The lowest BCUT2D eigenvalue weighted by molar-refractivity contribution is -0.122. The number of nitrogens with one attached hydrogen (secondary N) is 1. The van der Waals surface area contributed by atoms with E-state index in [1.807, 2.05) is 18.2 Å². The van der Waals surface area contributed by atoms with Crippen molar-refractivity contribution in [3.63, 3.8) is 0 Å². The van der Waals surface area contributed by atoms with E-state index in [1.54, 1.807) is 31.2 Å². The normalized spacial score (nSPS) is 17.7. The molecule has 0 heterocycles. The van der Waals surface area contributed by atoms with Crippen LogP contribution in [0.25, 0.3) is 0 Å². The average molecular weight is 407 g/mol. The van der Waals surface area contributed by atoms with Gasteiger partial charge in [0.05, 0.1) is 18.0 Å². The molecule has 0 aromatic heterocycles. The minimum absolute atomic E-state index is 0.100. The van der Waals surface area contributed by atoms with E-state index >= 15 is 0 Å². The quantitative estimate of drug-likeness (QED) is 0.823. The number of amides is 1. The van der Waals surface area contributed by atoms with Crippen molar-refractivity contribution in [1.29, 1.82) is 0 Å². The van der Waals surface area contributed by atoms with Crippen LogP contribution >= 0.6 is 11.6 Å². The van der Waals surface area contributed by atoms with Gasteiger partial charge >= 0.3 is 0 Å². The first kappa shape index (κ1) is 19.7. The third-order valence-electron chi connectivity index (χ3n) is 4.86. The third kappa shape index (κ3) is 4.45. The molecule has 144 valence electrons. The molecule has 0 fully saturated rings. The molecule has 0 aliphatic heterocycles. The second-order valence-electron chi connectivity index (χ2n) is 6.86. The van der Waals surface area contributed by atoms with Gasteiger partial charge in [-0.3, -0.25) is 9.10 Å².